The number of Topliss-reactive ketones (excluding diaryl/α,β-unsaturated/α-hetero) is 2. The molecule has 0 bridgehead atoms. The molecule has 3 aromatic carbocycles. The molecule has 6 nitrogen and oxygen atoms in total. The van der Waals surface area contributed by atoms with Crippen molar-refractivity contribution in [2.75, 3.05) is 5.32 Å². The Balaban J connectivity index is 1.72. The number of hydrogen-bond donors (Lipinski definition) is 1. The number of hydrogen-bond acceptors (Lipinski definition) is 5. The molecule has 9 heteroatoms. The molecule has 166 valence electrons. The van der Waals surface area contributed by atoms with Crippen molar-refractivity contribution in [2.45, 2.75) is 6.10 Å². The summed E-state index contributed by atoms with van der Waals surface area (Å²) in [7, 11) is 0. The number of fused-ring (bicyclic) bond motifs is 1. The van der Waals surface area contributed by atoms with Gasteiger partial charge in [0.2, 0.25) is 5.78 Å². The van der Waals surface area contributed by atoms with Crippen molar-refractivity contribution in [3.8, 4) is 0 Å². The topological polar surface area (TPSA) is 89.5 Å². The average Bonchev–Trinajstić information content (AvgIpc) is 3.13. The fraction of sp³-hybridized carbons (Fsp3) is 0.0833. The number of nitrogens with one attached hydrogen (secondary N) is 1. The van der Waals surface area contributed by atoms with Crippen LogP contribution in [-0.2, 0) is 14.3 Å². The van der Waals surface area contributed by atoms with E-state index in [1.807, 2.05) is 0 Å². The summed E-state index contributed by atoms with van der Waals surface area (Å²) in [5.74, 6) is -5.09. The number of rotatable bonds is 6. The predicted octanol–water partition coefficient (Wildman–Crippen LogP) is 5.67. The number of ether oxygens (including phenoxy) is 1. The van der Waals surface area contributed by atoms with Crippen LogP contribution >= 0.6 is 39.1 Å². The minimum Gasteiger partial charge on any atom is -0.453 e. The van der Waals surface area contributed by atoms with Crippen LogP contribution in [0.5, 0.6) is 0 Å². The summed E-state index contributed by atoms with van der Waals surface area (Å²) in [6, 6.07) is 17.1. The first kappa shape index (κ1) is 23.2. The number of esters is 1. The van der Waals surface area contributed by atoms with E-state index in [1.54, 1.807) is 42.5 Å². The molecule has 4 rings (SSSR count). The van der Waals surface area contributed by atoms with Gasteiger partial charge in [0.1, 0.15) is 12.0 Å². The lowest BCUT2D eigenvalue weighted by Crippen LogP contribution is -2.38. The molecule has 33 heavy (non-hydrogen) atoms. The fourth-order valence-electron chi connectivity index (χ4n) is 3.51. The van der Waals surface area contributed by atoms with Crippen molar-refractivity contribution in [1.82, 2.24) is 0 Å². The van der Waals surface area contributed by atoms with Crippen molar-refractivity contribution in [2.24, 2.45) is 5.92 Å². The number of amides is 1. The monoisotopic (exact) mass is 545 g/mol. The van der Waals surface area contributed by atoms with Gasteiger partial charge in [-0.25, -0.2) is 4.79 Å². The van der Waals surface area contributed by atoms with E-state index in [0.717, 1.165) is 4.47 Å². The van der Waals surface area contributed by atoms with Crippen LogP contribution in [0.3, 0.4) is 0 Å². The molecule has 0 unspecified atom stereocenters. The summed E-state index contributed by atoms with van der Waals surface area (Å²) >= 11 is 15.3. The van der Waals surface area contributed by atoms with Gasteiger partial charge in [-0.15, -0.1) is 0 Å². The highest BCUT2D eigenvalue weighted by atomic mass is 79.9. The van der Waals surface area contributed by atoms with Crippen LogP contribution < -0.4 is 5.32 Å². The van der Waals surface area contributed by atoms with Crippen LogP contribution in [0.4, 0.5) is 5.69 Å². The molecule has 0 aliphatic carbocycles. The summed E-state index contributed by atoms with van der Waals surface area (Å²) in [5, 5.41) is 2.82. The molecule has 1 heterocycles. The lowest BCUT2D eigenvalue weighted by Gasteiger charge is -2.21. The van der Waals surface area contributed by atoms with E-state index >= 15 is 0 Å². The van der Waals surface area contributed by atoms with E-state index in [-0.39, 0.29) is 21.2 Å². The molecule has 3 aromatic rings. The standard InChI is InChI=1S/C24H14BrCl2NO5/c25-13-6-8-14(9-7-13)28-23(31)21(30)19(20(29)12-5-10-17(26)18(27)11-12)22-15-3-1-2-4-16(15)24(32)33-22/h1-11,19,22H,(H,28,31)/t19-,22+/m1/s1. The Morgan fingerprint density at radius 2 is 1.64 bits per heavy atom. The van der Waals surface area contributed by atoms with Crippen LogP contribution in [0.25, 0.3) is 0 Å². The molecule has 2 atom stereocenters. The van der Waals surface area contributed by atoms with E-state index in [1.165, 1.54) is 24.3 Å². The van der Waals surface area contributed by atoms with Crippen molar-refractivity contribution < 1.29 is 23.9 Å². The summed E-state index contributed by atoms with van der Waals surface area (Å²) in [6.07, 6.45) is -1.26. The molecule has 0 aromatic heterocycles. The molecule has 0 saturated carbocycles. The first-order chi connectivity index (χ1) is 15.8. The summed E-state index contributed by atoms with van der Waals surface area (Å²) in [5.41, 5.74) is 1.00. The van der Waals surface area contributed by atoms with E-state index in [0.29, 0.717) is 11.3 Å². The van der Waals surface area contributed by atoms with Crippen LogP contribution in [0, 0.1) is 5.92 Å². The zero-order chi connectivity index (χ0) is 23.7. The SMILES string of the molecule is O=C(Nc1ccc(Br)cc1)C(=O)[C@@H](C(=O)c1ccc(Cl)c(Cl)c1)[C@H]1OC(=O)c2ccccc21. The zero-order valence-electron chi connectivity index (χ0n) is 16.7. The maximum atomic E-state index is 13.5. The van der Waals surface area contributed by atoms with Crippen LogP contribution in [0.2, 0.25) is 10.0 Å². The molecular formula is C24H14BrCl2NO5. The molecule has 0 saturated heterocycles. The van der Waals surface area contributed by atoms with Crippen LogP contribution in [0.15, 0.2) is 71.2 Å². The molecule has 1 aliphatic heterocycles. The minimum atomic E-state index is -1.62. The van der Waals surface area contributed by atoms with Gasteiger partial charge in [0.05, 0.1) is 15.6 Å². The van der Waals surface area contributed by atoms with Gasteiger partial charge in [-0.1, -0.05) is 57.3 Å². The first-order valence-electron chi connectivity index (χ1n) is 9.66. The first-order valence-corrected chi connectivity index (χ1v) is 11.2. The maximum Gasteiger partial charge on any atom is 0.339 e. The minimum absolute atomic E-state index is 0.0552. The van der Waals surface area contributed by atoms with Crippen LogP contribution in [0.1, 0.15) is 32.4 Å². The van der Waals surface area contributed by atoms with Crippen molar-refractivity contribution in [1.29, 1.82) is 0 Å². The van der Waals surface area contributed by atoms with Gasteiger partial charge in [-0.3, -0.25) is 14.4 Å². The van der Waals surface area contributed by atoms with Gasteiger partial charge in [0.25, 0.3) is 5.91 Å². The zero-order valence-corrected chi connectivity index (χ0v) is 19.8. The highest BCUT2D eigenvalue weighted by Gasteiger charge is 2.46. The Kier molecular flexibility index (Phi) is 6.65. The van der Waals surface area contributed by atoms with Gasteiger partial charge in [0.15, 0.2) is 5.78 Å². The fourth-order valence-corrected chi connectivity index (χ4v) is 4.07. The molecule has 1 aliphatic rings. The summed E-state index contributed by atoms with van der Waals surface area (Å²) in [6.45, 7) is 0. The number of halogens is 3. The summed E-state index contributed by atoms with van der Waals surface area (Å²) < 4.78 is 6.19. The second-order valence-corrected chi connectivity index (χ2v) is 8.94. The number of ketones is 2. The number of carbonyl (C=O) groups is 4. The van der Waals surface area contributed by atoms with E-state index in [4.69, 9.17) is 27.9 Å². The van der Waals surface area contributed by atoms with E-state index < -0.39 is 35.5 Å². The van der Waals surface area contributed by atoms with Crippen molar-refractivity contribution in [3.05, 3.63) is 97.9 Å². The number of carbonyl (C=O) groups excluding carboxylic acids is 4. The molecule has 1 amide bonds. The number of cyclic esters (lactones) is 1. The Hall–Kier alpha value is -3.00. The third-order valence-corrected chi connectivity index (χ3v) is 6.39. The third-order valence-electron chi connectivity index (χ3n) is 5.12. The highest BCUT2D eigenvalue weighted by Crippen LogP contribution is 2.38. The Bertz CT molecular complexity index is 1290. The van der Waals surface area contributed by atoms with Crippen LogP contribution in [-0.4, -0.2) is 23.4 Å². The van der Waals surface area contributed by atoms with E-state index in [9.17, 15) is 19.2 Å². The lowest BCUT2D eigenvalue weighted by atomic mass is 9.84. The molecule has 0 spiro atoms. The van der Waals surface area contributed by atoms with Gasteiger partial charge < -0.3 is 10.1 Å². The van der Waals surface area contributed by atoms with Gasteiger partial charge in [0, 0.05) is 21.3 Å². The number of anilines is 1. The molecular weight excluding hydrogens is 533 g/mol. The number of benzene rings is 3. The Morgan fingerprint density at radius 1 is 0.939 bits per heavy atom. The molecule has 1 N–H and O–H groups in total. The predicted molar refractivity (Wildman–Crippen MR) is 127 cm³/mol. The third kappa shape index (κ3) is 4.71. The second-order valence-electron chi connectivity index (χ2n) is 7.21. The maximum absolute atomic E-state index is 13.5. The smallest absolute Gasteiger partial charge is 0.339 e. The summed E-state index contributed by atoms with van der Waals surface area (Å²) in [4.78, 5) is 51.9. The quantitative estimate of drug-likeness (QED) is 0.186. The van der Waals surface area contributed by atoms with Crippen molar-refractivity contribution in [3.63, 3.8) is 0 Å². The highest BCUT2D eigenvalue weighted by molar-refractivity contribution is 9.10. The lowest BCUT2D eigenvalue weighted by molar-refractivity contribution is -0.138. The van der Waals surface area contributed by atoms with Gasteiger partial charge in [-0.05, 0) is 48.5 Å². The van der Waals surface area contributed by atoms with E-state index in [2.05, 4.69) is 21.2 Å². The molecule has 0 radical (unpaired) electrons. The largest absolute Gasteiger partial charge is 0.453 e. The average molecular weight is 547 g/mol. The molecule has 0 fully saturated rings. The van der Waals surface area contributed by atoms with Gasteiger partial charge >= 0.3 is 5.97 Å². The van der Waals surface area contributed by atoms with Gasteiger partial charge in [-0.2, -0.15) is 0 Å². The Morgan fingerprint density at radius 3 is 2.33 bits per heavy atom. The van der Waals surface area contributed by atoms with Crippen molar-refractivity contribution >= 4 is 68.3 Å². The second kappa shape index (κ2) is 9.47. The normalized spacial score (nSPS) is 15.4. The Labute approximate surface area is 207 Å².